The molecule has 0 aromatic carbocycles. The second kappa shape index (κ2) is 2.92. The smallest absolute Gasteiger partial charge is 0.156 e. The van der Waals surface area contributed by atoms with Crippen molar-refractivity contribution in [2.45, 2.75) is 13.2 Å². The molecule has 0 amide bonds. The van der Waals surface area contributed by atoms with Crippen LogP contribution in [0.2, 0.25) is 0 Å². The fourth-order valence-corrected chi connectivity index (χ4v) is 1.13. The van der Waals surface area contributed by atoms with E-state index in [-0.39, 0.29) is 0 Å². The van der Waals surface area contributed by atoms with Crippen molar-refractivity contribution in [1.82, 2.24) is 15.1 Å². The number of rotatable bonds is 2. The molecule has 0 aliphatic carbocycles. The summed E-state index contributed by atoms with van der Waals surface area (Å²) >= 11 is 0. The van der Waals surface area contributed by atoms with Crippen molar-refractivity contribution in [3.8, 4) is 0 Å². The summed E-state index contributed by atoms with van der Waals surface area (Å²) in [7, 11) is 4.13. The molecule has 1 aliphatic rings. The van der Waals surface area contributed by atoms with Gasteiger partial charge in [-0.15, -0.1) is 0 Å². The summed E-state index contributed by atoms with van der Waals surface area (Å²) in [5.41, 5.74) is 0. The number of nitrogens with zero attached hydrogens (tertiary/aromatic N) is 2. The van der Waals surface area contributed by atoms with Gasteiger partial charge in [-0.3, -0.25) is 5.32 Å². The van der Waals surface area contributed by atoms with Gasteiger partial charge in [0.15, 0.2) is 6.29 Å². The van der Waals surface area contributed by atoms with E-state index >= 15 is 0 Å². The lowest BCUT2D eigenvalue weighted by Gasteiger charge is -2.27. The lowest BCUT2D eigenvalue weighted by atomic mass is 10.6. The maximum Gasteiger partial charge on any atom is 0.156 e. The van der Waals surface area contributed by atoms with Crippen LogP contribution in [0.5, 0.6) is 0 Å². The summed E-state index contributed by atoms with van der Waals surface area (Å²) in [6.45, 7) is 3.11. The molecule has 3 nitrogen and oxygen atoms in total. The molecule has 0 unspecified atom stereocenters. The van der Waals surface area contributed by atoms with Crippen molar-refractivity contribution >= 4 is 0 Å². The Labute approximate surface area is 62.3 Å². The van der Waals surface area contributed by atoms with Gasteiger partial charge in [-0.1, -0.05) is 6.92 Å². The highest BCUT2D eigenvalue weighted by atomic mass is 15.5. The zero-order valence-electron chi connectivity index (χ0n) is 6.83. The van der Waals surface area contributed by atoms with Crippen LogP contribution in [0.15, 0.2) is 12.4 Å². The number of hydrogen-bond donors (Lipinski definition) is 1. The third-order valence-corrected chi connectivity index (χ3v) is 1.70. The Morgan fingerprint density at radius 3 is 2.20 bits per heavy atom. The molecule has 0 spiro atoms. The van der Waals surface area contributed by atoms with Gasteiger partial charge < -0.3 is 9.80 Å². The average molecular weight is 141 g/mol. The van der Waals surface area contributed by atoms with Gasteiger partial charge in [-0.2, -0.15) is 0 Å². The van der Waals surface area contributed by atoms with E-state index < -0.39 is 0 Å². The van der Waals surface area contributed by atoms with E-state index in [1.807, 2.05) is 0 Å². The van der Waals surface area contributed by atoms with E-state index in [9.17, 15) is 0 Å². The Balaban J connectivity index is 2.43. The van der Waals surface area contributed by atoms with Gasteiger partial charge in [-0.25, -0.2) is 0 Å². The molecule has 0 saturated carbocycles. The molecule has 1 rings (SSSR count). The number of hydrogen-bond acceptors (Lipinski definition) is 3. The lowest BCUT2D eigenvalue weighted by molar-refractivity contribution is 0.165. The molecule has 0 aromatic rings. The topological polar surface area (TPSA) is 18.5 Å². The molecule has 3 heteroatoms. The predicted molar refractivity (Wildman–Crippen MR) is 42.1 cm³/mol. The molecule has 1 aliphatic heterocycles. The monoisotopic (exact) mass is 141 g/mol. The van der Waals surface area contributed by atoms with Gasteiger partial charge in [0.1, 0.15) is 0 Å². The Bertz CT molecular complexity index is 121. The molecule has 0 aromatic heterocycles. The van der Waals surface area contributed by atoms with Crippen molar-refractivity contribution in [3.63, 3.8) is 0 Å². The van der Waals surface area contributed by atoms with Crippen molar-refractivity contribution in [3.05, 3.63) is 12.4 Å². The van der Waals surface area contributed by atoms with Gasteiger partial charge in [0.05, 0.1) is 0 Å². The Hall–Kier alpha value is -0.700. The summed E-state index contributed by atoms with van der Waals surface area (Å²) in [5, 5.41) is 3.33. The molecule has 0 saturated heterocycles. The fourth-order valence-electron chi connectivity index (χ4n) is 1.13. The van der Waals surface area contributed by atoms with E-state index in [2.05, 4.69) is 48.5 Å². The summed E-state index contributed by atoms with van der Waals surface area (Å²) < 4.78 is 0. The first-order valence-corrected chi connectivity index (χ1v) is 3.61. The van der Waals surface area contributed by atoms with Gasteiger partial charge >= 0.3 is 0 Å². The zero-order valence-corrected chi connectivity index (χ0v) is 6.83. The van der Waals surface area contributed by atoms with E-state index in [0.29, 0.717) is 6.29 Å². The standard InChI is InChI=1S/C7H15N3/c1-4-8-7-9(2)5-6-10(7)3/h5-8H,4H2,1-3H3. The fraction of sp³-hybridized carbons (Fsp3) is 0.714. The van der Waals surface area contributed by atoms with Gasteiger partial charge in [0.25, 0.3) is 0 Å². The molecule has 0 fully saturated rings. The van der Waals surface area contributed by atoms with Crippen LogP contribution in [0.3, 0.4) is 0 Å². The molecule has 0 radical (unpaired) electrons. The molecular weight excluding hydrogens is 126 g/mol. The number of nitrogens with one attached hydrogen (secondary N) is 1. The molecule has 1 N–H and O–H groups in total. The Morgan fingerprint density at radius 2 is 1.80 bits per heavy atom. The third kappa shape index (κ3) is 1.24. The third-order valence-electron chi connectivity index (χ3n) is 1.70. The van der Waals surface area contributed by atoms with Crippen molar-refractivity contribution in [2.75, 3.05) is 20.6 Å². The molecular formula is C7H15N3. The quantitative estimate of drug-likeness (QED) is 0.594. The van der Waals surface area contributed by atoms with E-state index in [4.69, 9.17) is 0 Å². The lowest BCUT2D eigenvalue weighted by Crippen LogP contribution is -2.46. The van der Waals surface area contributed by atoms with E-state index in [1.165, 1.54) is 0 Å². The molecule has 58 valence electrons. The average Bonchev–Trinajstić information content (AvgIpc) is 2.20. The maximum atomic E-state index is 3.33. The zero-order chi connectivity index (χ0) is 7.56. The summed E-state index contributed by atoms with van der Waals surface area (Å²) in [6, 6.07) is 0. The largest absolute Gasteiger partial charge is 0.347 e. The summed E-state index contributed by atoms with van der Waals surface area (Å²) in [6.07, 6.45) is 4.48. The van der Waals surface area contributed by atoms with Crippen molar-refractivity contribution in [1.29, 1.82) is 0 Å². The van der Waals surface area contributed by atoms with Crippen LogP contribution in [-0.2, 0) is 0 Å². The SMILES string of the molecule is CCNC1N(C)C=CN1C. The van der Waals surface area contributed by atoms with Crippen LogP contribution in [0, 0.1) is 0 Å². The minimum Gasteiger partial charge on any atom is -0.347 e. The van der Waals surface area contributed by atoms with E-state index in [1.54, 1.807) is 0 Å². The molecule has 0 atom stereocenters. The minimum absolute atomic E-state index is 0.352. The first kappa shape index (κ1) is 7.41. The van der Waals surface area contributed by atoms with Crippen molar-refractivity contribution in [2.24, 2.45) is 0 Å². The van der Waals surface area contributed by atoms with Crippen LogP contribution < -0.4 is 5.32 Å². The highest BCUT2D eigenvalue weighted by molar-refractivity contribution is 4.92. The first-order valence-electron chi connectivity index (χ1n) is 3.61. The summed E-state index contributed by atoms with van der Waals surface area (Å²) in [5.74, 6) is 0. The van der Waals surface area contributed by atoms with Crippen LogP contribution in [0.25, 0.3) is 0 Å². The predicted octanol–water partition coefficient (Wildman–Crippen LogP) is 0.228. The second-order valence-corrected chi connectivity index (χ2v) is 2.56. The second-order valence-electron chi connectivity index (χ2n) is 2.56. The molecule has 10 heavy (non-hydrogen) atoms. The van der Waals surface area contributed by atoms with Crippen molar-refractivity contribution < 1.29 is 0 Å². The molecule has 0 bridgehead atoms. The molecule has 1 heterocycles. The van der Waals surface area contributed by atoms with Crippen LogP contribution in [0.4, 0.5) is 0 Å². The van der Waals surface area contributed by atoms with Crippen LogP contribution in [-0.4, -0.2) is 36.7 Å². The minimum atomic E-state index is 0.352. The van der Waals surface area contributed by atoms with Crippen LogP contribution >= 0.6 is 0 Å². The van der Waals surface area contributed by atoms with Gasteiger partial charge in [0.2, 0.25) is 0 Å². The van der Waals surface area contributed by atoms with Gasteiger partial charge in [0, 0.05) is 26.5 Å². The van der Waals surface area contributed by atoms with Crippen LogP contribution in [0.1, 0.15) is 6.92 Å². The summed E-state index contributed by atoms with van der Waals surface area (Å²) in [4.78, 5) is 4.28. The maximum absolute atomic E-state index is 3.33. The first-order chi connectivity index (χ1) is 4.75. The van der Waals surface area contributed by atoms with Gasteiger partial charge in [-0.05, 0) is 6.54 Å². The van der Waals surface area contributed by atoms with E-state index in [0.717, 1.165) is 6.54 Å². The Kier molecular flexibility index (Phi) is 2.17. The Morgan fingerprint density at radius 1 is 1.30 bits per heavy atom. The highest BCUT2D eigenvalue weighted by Crippen LogP contribution is 2.07. The normalized spacial score (nSPS) is 19.1. The highest BCUT2D eigenvalue weighted by Gasteiger charge is 2.17.